The van der Waals surface area contributed by atoms with E-state index in [1.54, 1.807) is 6.20 Å². The molecule has 0 saturated carbocycles. The molecule has 1 aromatic rings. The van der Waals surface area contributed by atoms with E-state index in [9.17, 15) is 4.79 Å². The minimum absolute atomic E-state index is 0.252. The van der Waals surface area contributed by atoms with E-state index in [0.29, 0.717) is 0 Å². The van der Waals surface area contributed by atoms with Crippen molar-refractivity contribution in [2.75, 3.05) is 18.0 Å². The van der Waals surface area contributed by atoms with Crippen molar-refractivity contribution in [3.8, 4) is 0 Å². The van der Waals surface area contributed by atoms with Crippen LogP contribution in [0.2, 0.25) is 0 Å². The maximum atomic E-state index is 10.4. The van der Waals surface area contributed by atoms with Crippen molar-refractivity contribution >= 4 is 11.8 Å². The summed E-state index contributed by atoms with van der Waals surface area (Å²) in [7, 11) is 0. The highest BCUT2D eigenvalue weighted by Crippen LogP contribution is 2.23. The molecule has 2 heterocycles. The lowest BCUT2D eigenvalue weighted by atomic mass is 9.96. The van der Waals surface area contributed by atoms with Crippen molar-refractivity contribution in [3.63, 3.8) is 0 Å². The smallest absolute Gasteiger partial charge is 0.303 e. The molecule has 0 bridgehead atoms. The molecule has 0 unspecified atom stereocenters. The third-order valence-corrected chi connectivity index (χ3v) is 2.31. The fourth-order valence-corrected chi connectivity index (χ4v) is 1.60. The summed E-state index contributed by atoms with van der Waals surface area (Å²) in [5.74, 6) is 0.418. The zero-order valence-corrected chi connectivity index (χ0v) is 7.63. The molecule has 5 heteroatoms. The number of carbonyl (C=O) groups is 1. The second kappa shape index (κ2) is 3.61. The fraction of sp³-hybridized carbons (Fsp3) is 0.444. The summed E-state index contributed by atoms with van der Waals surface area (Å²) in [5.41, 5.74) is 0. The Bertz CT molecular complexity index is 322. The number of rotatable bonds is 3. The quantitative estimate of drug-likeness (QED) is 0.752. The predicted octanol–water partition coefficient (Wildman–Crippen LogP) is 0.387. The largest absolute Gasteiger partial charge is 0.481 e. The molecule has 0 spiro atoms. The molecule has 5 nitrogen and oxygen atoms in total. The van der Waals surface area contributed by atoms with Gasteiger partial charge in [-0.2, -0.15) is 0 Å². The van der Waals surface area contributed by atoms with Gasteiger partial charge in [-0.1, -0.05) is 0 Å². The lowest BCUT2D eigenvalue weighted by Crippen LogP contribution is -2.47. The lowest BCUT2D eigenvalue weighted by molar-refractivity contribution is -0.138. The molecule has 0 amide bonds. The van der Waals surface area contributed by atoms with Gasteiger partial charge in [0.25, 0.3) is 0 Å². The van der Waals surface area contributed by atoms with Gasteiger partial charge >= 0.3 is 5.97 Å². The van der Waals surface area contributed by atoms with Gasteiger partial charge in [-0.05, 0) is 6.07 Å². The highest BCUT2D eigenvalue weighted by Gasteiger charge is 2.29. The van der Waals surface area contributed by atoms with Crippen LogP contribution in [0.15, 0.2) is 18.6 Å². The van der Waals surface area contributed by atoms with Crippen molar-refractivity contribution < 1.29 is 9.90 Å². The Kier molecular flexibility index (Phi) is 2.30. The van der Waals surface area contributed by atoms with E-state index < -0.39 is 5.97 Å². The zero-order valence-electron chi connectivity index (χ0n) is 7.63. The van der Waals surface area contributed by atoms with Gasteiger partial charge in [0.1, 0.15) is 12.1 Å². The van der Waals surface area contributed by atoms with Crippen LogP contribution in [0.25, 0.3) is 0 Å². The first-order valence-corrected chi connectivity index (χ1v) is 4.48. The topological polar surface area (TPSA) is 66.3 Å². The molecule has 74 valence electrons. The number of anilines is 1. The van der Waals surface area contributed by atoms with E-state index in [-0.39, 0.29) is 12.3 Å². The lowest BCUT2D eigenvalue weighted by Gasteiger charge is -2.39. The number of carboxylic acid groups (broad SMARTS) is 1. The molecular formula is C9H11N3O2. The SMILES string of the molecule is O=C(O)CC1CN(c2ccncn2)C1. The number of nitrogens with zero attached hydrogens (tertiary/aromatic N) is 3. The molecule has 1 saturated heterocycles. The fourth-order valence-electron chi connectivity index (χ4n) is 1.60. The van der Waals surface area contributed by atoms with Crippen LogP contribution in [0.5, 0.6) is 0 Å². The van der Waals surface area contributed by atoms with E-state index in [0.717, 1.165) is 18.9 Å². The Morgan fingerprint density at radius 2 is 2.43 bits per heavy atom. The molecule has 0 aromatic carbocycles. The number of carboxylic acids is 1. The molecule has 14 heavy (non-hydrogen) atoms. The van der Waals surface area contributed by atoms with E-state index in [2.05, 4.69) is 14.9 Å². The van der Waals surface area contributed by atoms with Crippen LogP contribution in [0, 0.1) is 5.92 Å². The van der Waals surface area contributed by atoms with Crippen LogP contribution in [0.4, 0.5) is 5.82 Å². The molecule has 1 fully saturated rings. The highest BCUT2D eigenvalue weighted by atomic mass is 16.4. The van der Waals surface area contributed by atoms with E-state index in [4.69, 9.17) is 5.11 Å². The van der Waals surface area contributed by atoms with Gasteiger partial charge in [-0.3, -0.25) is 4.79 Å². The summed E-state index contributed by atoms with van der Waals surface area (Å²) < 4.78 is 0. The maximum absolute atomic E-state index is 10.4. The van der Waals surface area contributed by atoms with Crippen molar-refractivity contribution in [2.24, 2.45) is 5.92 Å². The van der Waals surface area contributed by atoms with Crippen molar-refractivity contribution in [1.82, 2.24) is 9.97 Å². The summed E-state index contributed by atoms with van der Waals surface area (Å²) >= 11 is 0. The predicted molar refractivity (Wildman–Crippen MR) is 50.0 cm³/mol. The van der Waals surface area contributed by atoms with Crippen LogP contribution in [-0.2, 0) is 4.79 Å². The minimum Gasteiger partial charge on any atom is -0.481 e. The highest BCUT2D eigenvalue weighted by molar-refractivity contribution is 5.67. The van der Waals surface area contributed by atoms with E-state index in [1.807, 2.05) is 6.07 Å². The summed E-state index contributed by atoms with van der Waals surface area (Å²) in [6.45, 7) is 1.56. The molecule has 1 aliphatic rings. The Balaban J connectivity index is 1.86. The summed E-state index contributed by atoms with van der Waals surface area (Å²) in [5, 5.41) is 8.56. The number of hydrogen-bond donors (Lipinski definition) is 1. The molecule has 2 rings (SSSR count). The minimum atomic E-state index is -0.725. The van der Waals surface area contributed by atoms with Crippen molar-refractivity contribution in [1.29, 1.82) is 0 Å². The van der Waals surface area contributed by atoms with Gasteiger partial charge in [-0.25, -0.2) is 9.97 Å². The van der Waals surface area contributed by atoms with Gasteiger partial charge in [0, 0.05) is 25.2 Å². The molecule has 0 atom stereocenters. The standard InChI is InChI=1S/C9H11N3O2/c13-9(14)3-7-4-12(5-7)8-1-2-10-6-11-8/h1-2,6-7H,3-5H2,(H,13,14). The second-order valence-electron chi connectivity index (χ2n) is 3.44. The second-order valence-corrected chi connectivity index (χ2v) is 3.44. The van der Waals surface area contributed by atoms with Crippen molar-refractivity contribution in [3.05, 3.63) is 18.6 Å². The monoisotopic (exact) mass is 193 g/mol. The molecule has 1 aliphatic heterocycles. The number of aromatic nitrogens is 2. The van der Waals surface area contributed by atoms with E-state index in [1.165, 1.54) is 6.33 Å². The Morgan fingerprint density at radius 1 is 1.64 bits per heavy atom. The Hall–Kier alpha value is -1.65. The summed E-state index contributed by atoms with van der Waals surface area (Å²) in [6.07, 6.45) is 3.44. The first-order chi connectivity index (χ1) is 6.75. The Labute approximate surface area is 81.4 Å². The first kappa shape index (κ1) is 8.93. The van der Waals surface area contributed by atoms with Crippen LogP contribution >= 0.6 is 0 Å². The molecular weight excluding hydrogens is 182 g/mol. The zero-order chi connectivity index (χ0) is 9.97. The van der Waals surface area contributed by atoms with Crippen LogP contribution in [0.1, 0.15) is 6.42 Å². The molecule has 0 aliphatic carbocycles. The third kappa shape index (κ3) is 1.81. The third-order valence-electron chi connectivity index (χ3n) is 2.31. The average Bonchev–Trinajstić information content (AvgIpc) is 2.12. The maximum Gasteiger partial charge on any atom is 0.303 e. The van der Waals surface area contributed by atoms with Crippen molar-refractivity contribution in [2.45, 2.75) is 6.42 Å². The summed E-state index contributed by atoms with van der Waals surface area (Å²) in [4.78, 5) is 20.4. The number of hydrogen-bond acceptors (Lipinski definition) is 4. The van der Waals surface area contributed by atoms with Gasteiger partial charge < -0.3 is 10.0 Å². The molecule has 1 N–H and O–H groups in total. The van der Waals surface area contributed by atoms with Gasteiger partial charge in [0.05, 0.1) is 6.42 Å². The molecule has 0 radical (unpaired) electrons. The van der Waals surface area contributed by atoms with Crippen LogP contribution < -0.4 is 4.90 Å². The van der Waals surface area contributed by atoms with Gasteiger partial charge in [0.15, 0.2) is 0 Å². The van der Waals surface area contributed by atoms with Crippen LogP contribution in [0.3, 0.4) is 0 Å². The van der Waals surface area contributed by atoms with Gasteiger partial charge in [-0.15, -0.1) is 0 Å². The van der Waals surface area contributed by atoms with Crippen LogP contribution in [-0.4, -0.2) is 34.1 Å². The summed E-state index contributed by atoms with van der Waals surface area (Å²) in [6, 6.07) is 1.83. The average molecular weight is 193 g/mol. The van der Waals surface area contributed by atoms with E-state index >= 15 is 0 Å². The van der Waals surface area contributed by atoms with Gasteiger partial charge in [0.2, 0.25) is 0 Å². The molecule has 1 aromatic heterocycles. The first-order valence-electron chi connectivity index (χ1n) is 4.48. The Morgan fingerprint density at radius 3 is 3.00 bits per heavy atom. The normalized spacial score (nSPS) is 16.4. The number of aliphatic carboxylic acids is 1.